The van der Waals surface area contributed by atoms with E-state index in [0.717, 1.165) is 0 Å². The van der Waals surface area contributed by atoms with Crippen LogP contribution in [-0.2, 0) is 16.0 Å². The first kappa shape index (κ1) is 11.8. The van der Waals surface area contributed by atoms with Crippen LogP contribution >= 0.6 is 0 Å². The number of aromatic nitrogens is 2. The molecule has 1 unspecified atom stereocenters. The van der Waals surface area contributed by atoms with E-state index in [1.165, 1.54) is 0 Å². The zero-order valence-electron chi connectivity index (χ0n) is 9.48. The minimum Gasteiger partial charge on any atom is -0.374 e. The number of ketones is 1. The summed E-state index contributed by atoms with van der Waals surface area (Å²) in [4.78, 5) is 15.5. The minimum atomic E-state index is -0.211. The van der Waals surface area contributed by atoms with Gasteiger partial charge in [-0.2, -0.15) is 4.98 Å². The molecule has 0 amide bonds. The zero-order chi connectivity index (χ0) is 11.4. The van der Waals surface area contributed by atoms with E-state index < -0.39 is 0 Å². The molecule has 1 rings (SSSR count). The molecule has 0 N–H and O–H groups in total. The molecular formula is C10H16N2O3. The molecule has 0 fully saturated rings. The maximum Gasteiger partial charge on any atom is 0.234 e. The molecule has 5 heteroatoms. The molecule has 0 spiro atoms. The highest BCUT2D eigenvalue weighted by atomic mass is 16.5. The van der Waals surface area contributed by atoms with Crippen LogP contribution in [0.3, 0.4) is 0 Å². The standard InChI is InChI=1S/C10H16N2O3/c1-6(2)8(13)5-9-11-10(12-15-9)7(3)14-4/h6-7H,5H2,1-4H3. The quantitative estimate of drug-likeness (QED) is 0.740. The number of Topliss-reactive ketones (excluding diaryl/α,β-unsaturated/α-hetero) is 1. The zero-order valence-corrected chi connectivity index (χ0v) is 9.48. The summed E-state index contributed by atoms with van der Waals surface area (Å²) in [6, 6.07) is 0. The SMILES string of the molecule is COC(C)c1noc(CC(=O)C(C)C)n1. The van der Waals surface area contributed by atoms with E-state index in [0.29, 0.717) is 11.7 Å². The van der Waals surface area contributed by atoms with Gasteiger partial charge in [0.2, 0.25) is 5.89 Å². The first-order valence-electron chi connectivity index (χ1n) is 4.92. The molecule has 0 radical (unpaired) electrons. The number of carbonyl (C=O) groups is 1. The molecule has 0 aromatic carbocycles. The van der Waals surface area contributed by atoms with Gasteiger partial charge in [-0.15, -0.1) is 0 Å². The van der Waals surface area contributed by atoms with Gasteiger partial charge in [-0.05, 0) is 6.92 Å². The van der Waals surface area contributed by atoms with Crippen molar-refractivity contribution in [2.75, 3.05) is 7.11 Å². The van der Waals surface area contributed by atoms with Gasteiger partial charge in [0.05, 0.1) is 6.42 Å². The van der Waals surface area contributed by atoms with E-state index in [9.17, 15) is 4.79 Å². The van der Waals surface area contributed by atoms with Gasteiger partial charge in [0.15, 0.2) is 5.82 Å². The normalized spacial score (nSPS) is 13.1. The smallest absolute Gasteiger partial charge is 0.234 e. The summed E-state index contributed by atoms with van der Waals surface area (Å²) in [5.41, 5.74) is 0. The maximum atomic E-state index is 11.4. The largest absolute Gasteiger partial charge is 0.374 e. The molecule has 0 aliphatic rings. The highest BCUT2D eigenvalue weighted by Crippen LogP contribution is 2.12. The van der Waals surface area contributed by atoms with Crippen molar-refractivity contribution in [1.82, 2.24) is 10.1 Å². The van der Waals surface area contributed by atoms with E-state index in [-0.39, 0.29) is 24.2 Å². The highest BCUT2D eigenvalue weighted by Gasteiger charge is 2.16. The Labute approximate surface area is 88.8 Å². The van der Waals surface area contributed by atoms with E-state index >= 15 is 0 Å². The molecule has 1 heterocycles. The Balaban J connectivity index is 2.64. The molecule has 15 heavy (non-hydrogen) atoms. The van der Waals surface area contributed by atoms with E-state index in [4.69, 9.17) is 9.26 Å². The lowest BCUT2D eigenvalue weighted by atomic mass is 10.1. The van der Waals surface area contributed by atoms with Crippen LogP contribution in [0.25, 0.3) is 0 Å². The topological polar surface area (TPSA) is 65.2 Å². The number of nitrogens with zero attached hydrogens (tertiary/aromatic N) is 2. The Morgan fingerprint density at radius 3 is 2.67 bits per heavy atom. The Morgan fingerprint density at radius 2 is 2.13 bits per heavy atom. The number of ether oxygens (including phenoxy) is 1. The predicted octanol–water partition coefficient (Wildman–Crippen LogP) is 1.54. The number of hydrogen-bond donors (Lipinski definition) is 0. The van der Waals surface area contributed by atoms with Crippen molar-refractivity contribution in [2.45, 2.75) is 33.3 Å². The van der Waals surface area contributed by atoms with Gasteiger partial charge >= 0.3 is 0 Å². The molecule has 0 saturated carbocycles. The average Bonchev–Trinajstić information content (AvgIpc) is 2.65. The molecule has 0 aliphatic carbocycles. The lowest BCUT2D eigenvalue weighted by Gasteiger charge is -2.01. The van der Waals surface area contributed by atoms with Crippen LogP contribution in [-0.4, -0.2) is 23.0 Å². The summed E-state index contributed by atoms with van der Waals surface area (Å²) in [7, 11) is 1.57. The van der Waals surface area contributed by atoms with Crippen molar-refractivity contribution in [1.29, 1.82) is 0 Å². The number of methoxy groups -OCH3 is 1. The Kier molecular flexibility index (Phi) is 3.96. The third-order valence-corrected chi connectivity index (χ3v) is 2.17. The molecule has 1 aromatic rings. The Hall–Kier alpha value is -1.23. The van der Waals surface area contributed by atoms with Crippen molar-refractivity contribution >= 4 is 5.78 Å². The summed E-state index contributed by atoms with van der Waals surface area (Å²) in [5, 5.41) is 3.74. The van der Waals surface area contributed by atoms with Gasteiger partial charge in [0.1, 0.15) is 11.9 Å². The van der Waals surface area contributed by atoms with E-state index in [1.807, 2.05) is 20.8 Å². The van der Waals surface area contributed by atoms with Crippen molar-refractivity contribution in [2.24, 2.45) is 5.92 Å². The fraction of sp³-hybridized carbons (Fsp3) is 0.700. The van der Waals surface area contributed by atoms with Gasteiger partial charge in [0.25, 0.3) is 0 Å². The van der Waals surface area contributed by atoms with Crippen molar-refractivity contribution in [3.63, 3.8) is 0 Å². The lowest BCUT2D eigenvalue weighted by molar-refractivity contribution is -0.121. The summed E-state index contributed by atoms with van der Waals surface area (Å²) in [6.07, 6.45) is -0.0159. The summed E-state index contributed by atoms with van der Waals surface area (Å²) in [5.74, 6) is 0.909. The third kappa shape index (κ3) is 3.13. The number of carbonyl (C=O) groups excluding carboxylic acids is 1. The van der Waals surface area contributed by atoms with E-state index in [2.05, 4.69) is 10.1 Å². The third-order valence-electron chi connectivity index (χ3n) is 2.17. The molecular weight excluding hydrogens is 196 g/mol. The van der Waals surface area contributed by atoms with Gasteiger partial charge in [0, 0.05) is 13.0 Å². The Bertz CT molecular complexity index is 333. The second kappa shape index (κ2) is 5.02. The summed E-state index contributed by atoms with van der Waals surface area (Å²) >= 11 is 0. The van der Waals surface area contributed by atoms with Crippen LogP contribution in [0.1, 0.15) is 38.6 Å². The van der Waals surface area contributed by atoms with Crippen LogP contribution in [0.2, 0.25) is 0 Å². The molecule has 5 nitrogen and oxygen atoms in total. The molecule has 84 valence electrons. The first-order chi connectivity index (χ1) is 7.04. The maximum absolute atomic E-state index is 11.4. The van der Waals surface area contributed by atoms with Crippen LogP contribution in [0, 0.1) is 5.92 Å². The predicted molar refractivity (Wildman–Crippen MR) is 53.3 cm³/mol. The number of rotatable bonds is 5. The van der Waals surface area contributed by atoms with Gasteiger partial charge < -0.3 is 9.26 Å². The van der Waals surface area contributed by atoms with Crippen LogP contribution < -0.4 is 0 Å². The van der Waals surface area contributed by atoms with Gasteiger partial charge in [-0.1, -0.05) is 19.0 Å². The fourth-order valence-corrected chi connectivity index (χ4v) is 0.964. The van der Waals surface area contributed by atoms with Crippen molar-refractivity contribution < 1.29 is 14.1 Å². The monoisotopic (exact) mass is 212 g/mol. The average molecular weight is 212 g/mol. The molecule has 1 atom stereocenters. The van der Waals surface area contributed by atoms with E-state index in [1.54, 1.807) is 7.11 Å². The summed E-state index contributed by atoms with van der Waals surface area (Å²) in [6.45, 7) is 5.51. The van der Waals surface area contributed by atoms with Gasteiger partial charge in [-0.25, -0.2) is 0 Å². The second-order valence-corrected chi connectivity index (χ2v) is 3.72. The van der Waals surface area contributed by atoms with Crippen LogP contribution in [0.5, 0.6) is 0 Å². The molecule has 0 aliphatic heterocycles. The molecule has 0 bridgehead atoms. The first-order valence-corrected chi connectivity index (χ1v) is 4.92. The highest BCUT2D eigenvalue weighted by molar-refractivity contribution is 5.81. The van der Waals surface area contributed by atoms with Gasteiger partial charge in [-0.3, -0.25) is 4.79 Å². The second-order valence-electron chi connectivity index (χ2n) is 3.72. The van der Waals surface area contributed by atoms with Crippen molar-refractivity contribution in [3.05, 3.63) is 11.7 Å². The van der Waals surface area contributed by atoms with Crippen LogP contribution in [0.15, 0.2) is 4.52 Å². The number of hydrogen-bond acceptors (Lipinski definition) is 5. The minimum absolute atomic E-state index is 0.0137. The lowest BCUT2D eigenvalue weighted by Crippen LogP contribution is -2.10. The summed E-state index contributed by atoms with van der Waals surface area (Å²) < 4.78 is 9.98. The molecule has 0 saturated heterocycles. The van der Waals surface area contributed by atoms with Crippen molar-refractivity contribution in [3.8, 4) is 0 Å². The molecule has 1 aromatic heterocycles. The van der Waals surface area contributed by atoms with Crippen LogP contribution in [0.4, 0.5) is 0 Å². The Morgan fingerprint density at radius 1 is 1.47 bits per heavy atom. The fourth-order valence-electron chi connectivity index (χ4n) is 0.964.